The third-order valence-electron chi connectivity index (χ3n) is 3.55. The van der Waals surface area contributed by atoms with Crippen LogP contribution >= 0.6 is 11.8 Å². The maximum absolute atomic E-state index is 11.8. The van der Waals surface area contributed by atoms with Gasteiger partial charge >= 0.3 is 11.9 Å². The Morgan fingerprint density at radius 1 is 1.39 bits per heavy atom. The summed E-state index contributed by atoms with van der Waals surface area (Å²) in [4.78, 5) is 23.2. The first-order chi connectivity index (χ1) is 8.42. The average molecular weight is 271 g/mol. The Bertz CT molecular complexity index is 434. The fraction of sp³-hybridized carbons (Fsp3) is 0.667. The number of carbonyl (C=O) groups is 2. The summed E-state index contributed by atoms with van der Waals surface area (Å²) >= 11 is 1.59. The molecular weight excluding hydrogens is 254 g/mol. The lowest BCUT2D eigenvalue weighted by molar-refractivity contribution is -0.146. The molecule has 2 bridgehead atoms. The second kappa shape index (κ2) is 4.50. The Kier molecular flexibility index (Phi) is 3.31. The monoisotopic (exact) mass is 271 g/mol. The van der Waals surface area contributed by atoms with Crippen molar-refractivity contribution in [2.45, 2.75) is 30.4 Å². The van der Waals surface area contributed by atoms with Crippen molar-refractivity contribution in [3.8, 4) is 0 Å². The lowest BCUT2D eigenvalue weighted by Crippen LogP contribution is -2.47. The highest BCUT2D eigenvalue weighted by Gasteiger charge is 2.54. The quantitative estimate of drug-likeness (QED) is 0.757. The van der Waals surface area contributed by atoms with Crippen molar-refractivity contribution in [3.05, 3.63) is 11.3 Å². The lowest BCUT2D eigenvalue weighted by atomic mass is 9.95. The van der Waals surface area contributed by atoms with E-state index in [1.54, 1.807) is 11.8 Å². The van der Waals surface area contributed by atoms with Gasteiger partial charge in [0.1, 0.15) is 0 Å². The van der Waals surface area contributed by atoms with Gasteiger partial charge in [-0.1, -0.05) is 0 Å². The largest absolute Gasteiger partial charge is 0.469 e. The van der Waals surface area contributed by atoms with E-state index in [1.165, 1.54) is 14.2 Å². The van der Waals surface area contributed by atoms with Crippen LogP contribution in [0.3, 0.4) is 0 Å². The molecule has 0 spiro atoms. The zero-order valence-electron chi connectivity index (χ0n) is 10.9. The van der Waals surface area contributed by atoms with Crippen molar-refractivity contribution in [3.63, 3.8) is 0 Å². The molecule has 2 aliphatic rings. The van der Waals surface area contributed by atoms with Crippen LogP contribution < -0.4 is 5.32 Å². The van der Waals surface area contributed by atoms with E-state index >= 15 is 0 Å². The van der Waals surface area contributed by atoms with Crippen LogP contribution in [0.5, 0.6) is 0 Å². The summed E-state index contributed by atoms with van der Waals surface area (Å²) in [7, 11) is 2.76. The number of hydrogen-bond donors (Lipinski definition) is 1. The van der Waals surface area contributed by atoms with Gasteiger partial charge in [0.05, 0.1) is 30.6 Å². The van der Waals surface area contributed by atoms with E-state index in [0.717, 1.165) is 5.70 Å². The number of allylic oxidation sites excluding steroid dienone is 1. The molecule has 1 N–H and O–H groups in total. The molecule has 2 aliphatic heterocycles. The zero-order valence-corrected chi connectivity index (χ0v) is 11.7. The molecule has 0 aromatic rings. The lowest BCUT2D eigenvalue weighted by Gasteiger charge is -2.35. The fourth-order valence-corrected chi connectivity index (χ4v) is 4.54. The van der Waals surface area contributed by atoms with Crippen LogP contribution in [-0.2, 0) is 19.1 Å². The van der Waals surface area contributed by atoms with Crippen molar-refractivity contribution >= 4 is 23.7 Å². The molecule has 0 saturated carbocycles. The Balaban J connectivity index is 2.32. The van der Waals surface area contributed by atoms with Gasteiger partial charge in [0.15, 0.2) is 0 Å². The molecule has 1 saturated heterocycles. The third-order valence-corrected chi connectivity index (χ3v) is 5.14. The molecule has 6 heteroatoms. The summed E-state index contributed by atoms with van der Waals surface area (Å²) in [5.74, 6) is -0.821. The zero-order chi connectivity index (χ0) is 13.5. The summed E-state index contributed by atoms with van der Waals surface area (Å²) in [5.41, 5.74) is 1.42. The smallest absolute Gasteiger partial charge is 0.336 e. The van der Waals surface area contributed by atoms with Crippen molar-refractivity contribution in [2.75, 3.05) is 14.2 Å². The van der Waals surface area contributed by atoms with Crippen molar-refractivity contribution in [2.24, 2.45) is 5.92 Å². The average Bonchev–Trinajstić information content (AvgIpc) is 2.60. The van der Waals surface area contributed by atoms with Crippen molar-refractivity contribution < 1.29 is 19.1 Å². The number of carbonyl (C=O) groups excluding carboxylic acids is 2. The van der Waals surface area contributed by atoms with Gasteiger partial charge in [-0.25, -0.2) is 4.79 Å². The standard InChI is InChI=1S/C12H17NO4S/c1-6-9(11(15)17-4)8-5-7(10(14)16-3)12(2,13-6)18-8/h7-8,13H,5H2,1-4H3/t7-,8+,12?/m1/s1. The number of thioether (sulfide) groups is 1. The molecule has 3 atom stereocenters. The molecule has 0 radical (unpaired) electrons. The Labute approximate surface area is 110 Å². The van der Waals surface area contributed by atoms with Crippen molar-refractivity contribution in [1.82, 2.24) is 5.32 Å². The summed E-state index contributed by atoms with van der Waals surface area (Å²) in [6, 6.07) is 0. The van der Waals surface area contributed by atoms with Gasteiger partial charge in [-0.2, -0.15) is 0 Å². The molecular formula is C12H17NO4S. The Morgan fingerprint density at radius 2 is 2.06 bits per heavy atom. The molecule has 0 aromatic heterocycles. The van der Waals surface area contributed by atoms with Gasteiger partial charge in [-0.15, -0.1) is 11.8 Å². The highest BCUT2D eigenvalue weighted by atomic mass is 32.2. The normalized spacial score (nSPS) is 34.0. The van der Waals surface area contributed by atoms with E-state index in [2.05, 4.69) is 5.32 Å². The molecule has 1 unspecified atom stereocenters. The van der Waals surface area contributed by atoms with E-state index < -0.39 is 4.87 Å². The van der Waals surface area contributed by atoms with Gasteiger partial charge in [-0.05, 0) is 20.3 Å². The van der Waals surface area contributed by atoms with E-state index in [-0.39, 0.29) is 23.1 Å². The first-order valence-electron chi connectivity index (χ1n) is 5.76. The molecule has 2 rings (SSSR count). The molecule has 0 aromatic carbocycles. The van der Waals surface area contributed by atoms with Gasteiger partial charge in [0.25, 0.3) is 0 Å². The maximum atomic E-state index is 11.8. The van der Waals surface area contributed by atoms with E-state index in [4.69, 9.17) is 9.47 Å². The number of ether oxygens (including phenoxy) is 2. The number of fused-ring (bicyclic) bond motifs is 2. The minimum absolute atomic E-state index is 0.00667. The maximum Gasteiger partial charge on any atom is 0.336 e. The van der Waals surface area contributed by atoms with Crippen LogP contribution in [0.1, 0.15) is 20.3 Å². The van der Waals surface area contributed by atoms with E-state index in [0.29, 0.717) is 12.0 Å². The van der Waals surface area contributed by atoms with Gasteiger partial charge < -0.3 is 14.8 Å². The van der Waals surface area contributed by atoms with Crippen LogP contribution in [-0.4, -0.2) is 36.3 Å². The van der Waals surface area contributed by atoms with Crippen LogP contribution in [0.2, 0.25) is 0 Å². The minimum Gasteiger partial charge on any atom is -0.469 e. The topological polar surface area (TPSA) is 64.6 Å². The van der Waals surface area contributed by atoms with Crippen LogP contribution in [0.15, 0.2) is 11.3 Å². The van der Waals surface area contributed by atoms with E-state index in [1.807, 2.05) is 13.8 Å². The first kappa shape index (κ1) is 13.3. The number of esters is 2. The third kappa shape index (κ3) is 1.88. The SMILES string of the molecule is COC(=O)C1=C(C)NC2(C)S[C@H]1C[C@@H]2C(=O)OC. The molecule has 2 heterocycles. The second-order valence-corrected chi connectivity index (χ2v) is 6.33. The predicted molar refractivity (Wildman–Crippen MR) is 67.8 cm³/mol. The summed E-state index contributed by atoms with van der Waals surface area (Å²) in [5, 5.41) is 3.25. The second-order valence-electron chi connectivity index (χ2n) is 4.68. The summed E-state index contributed by atoms with van der Waals surface area (Å²) in [6.07, 6.45) is 0.600. The fourth-order valence-electron chi connectivity index (χ4n) is 2.70. The number of rotatable bonds is 2. The highest BCUT2D eigenvalue weighted by molar-refractivity contribution is 8.01. The summed E-state index contributed by atoms with van der Waals surface area (Å²) < 4.78 is 9.64. The Morgan fingerprint density at radius 3 is 2.61 bits per heavy atom. The van der Waals surface area contributed by atoms with Crippen molar-refractivity contribution in [1.29, 1.82) is 0 Å². The molecule has 0 amide bonds. The first-order valence-corrected chi connectivity index (χ1v) is 6.63. The minimum atomic E-state index is -0.403. The molecule has 18 heavy (non-hydrogen) atoms. The van der Waals surface area contributed by atoms with E-state index in [9.17, 15) is 9.59 Å². The molecule has 100 valence electrons. The Hall–Kier alpha value is -1.17. The predicted octanol–water partition coefficient (Wildman–Crippen LogP) is 1.05. The molecule has 1 fully saturated rings. The summed E-state index contributed by atoms with van der Waals surface area (Å²) in [6.45, 7) is 3.81. The van der Waals surface area contributed by atoms with Crippen LogP contribution in [0, 0.1) is 5.92 Å². The number of methoxy groups -OCH3 is 2. The number of hydrogen-bond acceptors (Lipinski definition) is 6. The molecule has 0 aliphatic carbocycles. The molecule has 5 nitrogen and oxygen atoms in total. The highest BCUT2D eigenvalue weighted by Crippen LogP contribution is 2.52. The van der Waals surface area contributed by atoms with Crippen LogP contribution in [0.4, 0.5) is 0 Å². The van der Waals surface area contributed by atoms with Gasteiger partial charge in [-0.3, -0.25) is 4.79 Å². The van der Waals surface area contributed by atoms with Gasteiger partial charge in [0, 0.05) is 10.9 Å². The van der Waals surface area contributed by atoms with Gasteiger partial charge in [0.2, 0.25) is 0 Å². The van der Waals surface area contributed by atoms with Crippen LogP contribution in [0.25, 0.3) is 0 Å². The number of nitrogens with one attached hydrogen (secondary N) is 1.